The summed E-state index contributed by atoms with van der Waals surface area (Å²) in [6.45, 7) is 0. The van der Waals surface area contributed by atoms with Gasteiger partial charge >= 0.3 is 0 Å². The zero-order chi connectivity index (χ0) is 18.2. The van der Waals surface area contributed by atoms with Gasteiger partial charge in [-0.15, -0.1) is 0 Å². The second-order valence-corrected chi connectivity index (χ2v) is 6.99. The summed E-state index contributed by atoms with van der Waals surface area (Å²) in [5.41, 5.74) is 5.07. The molecule has 0 saturated carbocycles. The number of nitrogens with zero attached hydrogens (tertiary/aromatic N) is 1. The van der Waals surface area contributed by atoms with Crippen LogP contribution in [0.3, 0.4) is 0 Å². The molecule has 0 atom stereocenters. The van der Waals surface area contributed by atoms with Crippen LogP contribution in [-0.2, 0) is 7.05 Å². The fraction of sp³-hybridized carbons (Fsp3) is 0.0385. The average Bonchev–Trinajstić information content (AvgIpc) is 2.72. The van der Waals surface area contributed by atoms with Crippen molar-refractivity contribution in [2.45, 2.75) is 0 Å². The van der Waals surface area contributed by atoms with Crippen LogP contribution < -0.4 is 28.5 Å². The molecule has 0 aliphatic carbocycles. The van der Waals surface area contributed by atoms with Gasteiger partial charge in [-0.1, -0.05) is 78.9 Å². The van der Waals surface area contributed by atoms with Gasteiger partial charge in [0.05, 0.1) is 0 Å². The van der Waals surface area contributed by atoms with E-state index in [2.05, 4.69) is 115 Å². The summed E-state index contributed by atoms with van der Waals surface area (Å²) in [6.07, 6.45) is 4.26. The van der Waals surface area contributed by atoms with Gasteiger partial charge in [0, 0.05) is 11.6 Å². The Morgan fingerprint density at radius 1 is 0.571 bits per heavy atom. The van der Waals surface area contributed by atoms with Crippen molar-refractivity contribution in [3.63, 3.8) is 0 Å². The van der Waals surface area contributed by atoms with Crippen molar-refractivity contribution >= 4 is 21.5 Å². The number of aromatic nitrogens is 1. The molecule has 5 rings (SSSR count). The molecule has 0 saturated heterocycles. The second kappa shape index (κ2) is 7.72. The lowest BCUT2D eigenvalue weighted by molar-refractivity contribution is -0.671. The van der Waals surface area contributed by atoms with E-state index in [-0.39, 0.29) is 24.0 Å². The molecule has 0 aliphatic rings. The molecule has 2 heteroatoms. The van der Waals surface area contributed by atoms with Gasteiger partial charge in [-0.05, 0) is 44.3 Å². The summed E-state index contributed by atoms with van der Waals surface area (Å²) in [7, 11) is 2.07. The monoisotopic (exact) mass is 473 g/mol. The van der Waals surface area contributed by atoms with Crippen LogP contribution in [-0.4, -0.2) is 0 Å². The van der Waals surface area contributed by atoms with E-state index in [1.54, 1.807) is 0 Å². The molecule has 0 unspecified atom stereocenters. The lowest BCUT2D eigenvalue weighted by Crippen LogP contribution is -3.00. The summed E-state index contributed by atoms with van der Waals surface area (Å²) in [4.78, 5) is 0. The van der Waals surface area contributed by atoms with Gasteiger partial charge in [-0.2, -0.15) is 0 Å². The van der Waals surface area contributed by atoms with Crippen molar-refractivity contribution < 1.29 is 28.5 Å². The number of pyridine rings is 1. The molecule has 0 bridgehead atoms. The fourth-order valence-corrected chi connectivity index (χ4v) is 4.01. The third kappa shape index (κ3) is 3.18. The van der Waals surface area contributed by atoms with Gasteiger partial charge in [-0.3, -0.25) is 0 Å². The van der Waals surface area contributed by atoms with E-state index in [9.17, 15) is 0 Å². The van der Waals surface area contributed by atoms with E-state index in [0.717, 1.165) is 0 Å². The number of benzene rings is 4. The molecule has 0 aliphatic heterocycles. The second-order valence-electron chi connectivity index (χ2n) is 6.99. The normalized spacial score (nSPS) is 10.8. The van der Waals surface area contributed by atoms with Crippen molar-refractivity contribution in [2.75, 3.05) is 0 Å². The van der Waals surface area contributed by atoms with Crippen molar-refractivity contribution in [2.24, 2.45) is 7.05 Å². The van der Waals surface area contributed by atoms with E-state index in [1.807, 2.05) is 0 Å². The van der Waals surface area contributed by atoms with Crippen LogP contribution in [0.15, 0.2) is 103 Å². The minimum absolute atomic E-state index is 0. The maximum atomic E-state index is 2.25. The average molecular weight is 473 g/mol. The molecule has 1 aromatic heterocycles. The molecule has 5 aromatic rings. The Bertz CT molecular complexity index is 1280. The Morgan fingerprint density at radius 2 is 1.21 bits per heavy atom. The van der Waals surface area contributed by atoms with Crippen LogP contribution in [0.25, 0.3) is 43.8 Å². The molecule has 0 amide bonds. The highest BCUT2D eigenvalue weighted by atomic mass is 127. The van der Waals surface area contributed by atoms with E-state index in [1.165, 1.54) is 43.8 Å². The number of aryl methyl sites for hydroxylation is 1. The van der Waals surface area contributed by atoms with Gasteiger partial charge in [0.25, 0.3) is 0 Å². The van der Waals surface area contributed by atoms with Gasteiger partial charge in [0.1, 0.15) is 7.05 Å². The van der Waals surface area contributed by atoms with Crippen LogP contribution in [0.1, 0.15) is 0 Å². The Hall–Kier alpha value is -2.72. The minimum Gasteiger partial charge on any atom is -1.00 e. The molecule has 0 N–H and O–H groups in total. The van der Waals surface area contributed by atoms with Crippen LogP contribution in [0.5, 0.6) is 0 Å². The molecule has 4 aromatic carbocycles. The molecule has 0 spiro atoms. The lowest BCUT2D eigenvalue weighted by Gasteiger charge is -2.14. The Balaban J connectivity index is 0.00000192. The van der Waals surface area contributed by atoms with E-state index in [0.29, 0.717) is 0 Å². The van der Waals surface area contributed by atoms with Crippen LogP contribution >= 0.6 is 0 Å². The first-order chi connectivity index (χ1) is 13.3. The van der Waals surface area contributed by atoms with Gasteiger partial charge in [0.2, 0.25) is 0 Å². The first-order valence-electron chi connectivity index (χ1n) is 9.27. The molecule has 1 heterocycles. The SMILES string of the molecule is C[n+]1cccc(-c2cccc3cccc(-c4cccc5ccccc45)c23)c1.[I-]. The molecular formula is C26H20IN. The number of fused-ring (bicyclic) bond motifs is 2. The number of hydrogen-bond donors (Lipinski definition) is 0. The maximum absolute atomic E-state index is 2.25. The third-order valence-electron chi connectivity index (χ3n) is 5.24. The Kier molecular flexibility index (Phi) is 5.14. The van der Waals surface area contributed by atoms with Crippen molar-refractivity contribution in [3.8, 4) is 22.3 Å². The summed E-state index contributed by atoms with van der Waals surface area (Å²) < 4.78 is 2.11. The van der Waals surface area contributed by atoms with Gasteiger partial charge in [-0.25, -0.2) is 4.57 Å². The molecule has 1 nitrogen and oxygen atoms in total. The third-order valence-corrected chi connectivity index (χ3v) is 5.24. The van der Waals surface area contributed by atoms with Crippen LogP contribution in [0.2, 0.25) is 0 Å². The standard InChI is InChI=1S/C26H20N.HI/c1-27-17-7-12-21(18-27)23-14-5-10-20-11-6-16-25(26(20)23)24-15-4-9-19-8-2-3-13-22(19)24;/h2-18H,1H3;1H/q+1;/p-1. The van der Waals surface area contributed by atoms with Crippen LogP contribution in [0, 0.1) is 0 Å². The molecular weight excluding hydrogens is 453 g/mol. The summed E-state index contributed by atoms with van der Waals surface area (Å²) >= 11 is 0. The maximum Gasteiger partial charge on any atom is 0.176 e. The number of halogens is 1. The van der Waals surface area contributed by atoms with Gasteiger partial charge < -0.3 is 24.0 Å². The van der Waals surface area contributed by atoms with Crippen molar-refractivity contribution in [1.82, 2.24) is 0 Å². The van der Waals surface area contributed by atoms with Crippen LogP contribution in [0.4, 0.5) is 0 Å². The first-order valence-corrected chi connectivity index (χ1v) is 9.27. The highest BCUT2D eigenvalue weighted by molar-refractivity contribution is 6.10. The number of hydrogen-bond acceptors (Lipinski definition) is 0. The summed E-state index contributed by atoms with van der Waals surface area (Å²) in [5, 5.41) is 5.14. The predicted octanol–water partition coefficient (Wildman–Crippen LogP) is 3.16. The smallest absolute Gasteiger partial charge is 0.176 e. The van der Waals surface area contributed by atoms with Crippen molar-refractivity contribution in [1.29, 1.82) is 0 Å². The van der Waals surface area contributed by atoms with E-state index >= 15 is 0 Å². The topological polar surface area (TPSA) is 3.88 Å². The summed E-state index contributed by atoms with van der Waals surface area (Å²) in [5.74, 6) is 0. The Morgan fingerprint density at radius 3 is 2.00 bits per heavy atom. The summed E-state index contributed by atoms with van der Waals surface area (Å²) in [6, 6.07) is 32.7. The quantitative estimate of drug-likeness (QED) is 0.274. The van der Waals surface area contributed by atoms with E-state index < -0.39 is 0 Å². The first kappa shape index (κ1) is 18.6. The number of rotatable bonds is 2. The van der Waals surface area contributed by atoms with Gasteiger partial charge in [0.15, 0.2) is 12.4 Å². The molecule has 136 valence electrons. The van der Waals surface area contributed by atoms with Crippen molar-refractivity contribution in [3.05, 3.63) is 103 Å². The fourth-order valence-electron chi connectivity index (χ4n) is 4.01. The predicted molar refractivity (Wildman–Crippen MR) is 114 cm³/mol. The lowest BCUT2D eigenvalue weighted by atomic mass is 9.90. The zero-order valence-corrected chi connectivity index (χ0v) is 17.8. The highest BCUT2D eigenvalue weighted by Gasteiger charge is 2.13. The molecule has 0 fully saturated rings. The van der Waals surface area contributed by atoms with E-state index in [4.69, 9.17) is 0 Å². The minimum atomic E-state index is 0. The zero-order valence-electron chi connectivity index (χ0n) is 15.6. The highest BCUT2D eigenvalue weighted by Crippen LogP contribution is 2.38. The largest absolute Gasteiger partial charge is 1.00 e. The molecule has 28 heavy (non-hydrogen) atoms. The Labute approximate surface area is 182 Å². The molecule has 0 radical (unpaired) electrons.